The Morgan fingerprint density at radius 3 is 2.23 bits per heavy atom. The smallest absolute Gasteiger partial charge is 0.200 e. The molecule has 0 unspecified atom stereocenters. The van der Waals surface area contributed by atoms with Crippen LogP contribution < -0.4 is 10.6 Å². The molecule has 0 saturated heterocycles. The van der Waals surface area contributed by atoms with Crippen LogP contribution in [0.5, 0.6) is 0 Å². The summed E-state index contributed by atoms with van der Waals surface area (Å²) in [5.74, 6) is 0.497. The lowest BCUT2D eigenvalue weighted by Gasteiger charge is -2.19. The zero-order valence-electron chi connectivity index (χ0n) is 13.4. The summed E-state index contributed by atoms with van der Waals surface area (Å²) in [7, 11) is 1.94. The molecular formula is C18H24ClN3. The highest BCUT2D eigenvalue weighted by molar-refractivity contribution is 5.95. The average Bonchev–Trinajstić information content (AvgIpc) is 2.54. The van der Waals surface area contributed by atoms with Gasteiger partial charge in [-0.25, -0.2) is 4.99 Å². The van der Waals surface area contributed by atoms with E-state index in [1.54, 1.807) is 0 Å². The molecule has 22 heavy (non-hydrogen) atoms. The van der Waals surface area contributed by atoms with Crippen molar-refractivity contribution in [3.8, 4) is 0 Å². The van der Waals surface area contributed by atoms with Gasteiger partial charge >= 0.3 is 0 Å². The van der Waals surface area contributed by atoms with Crippen molar-refractivity contribution in [3.63, 3.8) is 0 Å². The van der Waals surface area contributed by atoms with Crippen molar-refractivity contribution in [3.05, 3.63) is 59.7 Å². The second-order valence-electron chi connectivity index (χ2n) is 5.08. The van der Waals surface area contributed by atoms with Crippen LogP contribution in [-0.4, -0.2) is 13.0 Å². The molecule has 0 heterocycles. The Morgan fingerprint density at radius 2 is 1.59 bits per heavy atom. The second-order valence-corrected chi connectivity index (χ2v) is 5.08. The molecule has 0 atom stereocenters. The quantitative estimate of drug-likeness (QED) is 0.674. The largest absolute Gasteiger partial charge is 0.369 e. The van der Waals surface area contributed by atoms with Crippen LogP contribution in [0.3, 0.4) is 0 Å². The summed E-state index contributed by atoms with van der Waals surface area (Å²) in [6, 6.07) is 16.5. The van der Waals surface area contributed by atoms with Gasteiger partial charge in [-0.15, -0.1) is 12.4 Å². The highest BCUT2D eigenvalue weighted by atomic mass is 35.5. The highest BCUT2D eigenvalue weighted by Crippen LogP contribution is 2.18. The van der Waals surface area contributed by atoms with Crippen LogP contribution in [0.4, 0.5) is 11.4 Å². The highest BCUT2D eigenvalue weighted by Gasteiger charge is 2.06. The van der Waals surface area contributed by atoms with Crippen LogP contribution in [0.2, 0.25) is 0 Å². The molecule has 2 aromatic rings. The standard InChI is InChI=1S/C18H23N3.ClH/c1-4-14-8-6-10-16(12-14)20-18(19)21(3)17-11-7-9-15(5-2)13-17;/h6-13H,4-5H2,1-3H3,(H2,19,20);1H. The molecule has 2 aromatic carbocycles. The van der Waals surface area contributed by atoms with Gasteiger partial charge in [-0.05, 0) is 48.2 Å². The van der Waals surface area contributed by atoms with Crippen LogP contribution in [0.1, 0.15) is 25.0 Å². The zero-order valence-corrected chi connectivity index (χ0v) is 14.2. The van der Waals surface area contributed by atoms with Gasteiger partial charge in [0.25, 0.3) is 0 Å². The molecule has 0 saturated carbocycles. The van der Waals surface area contributed by atoms with Crippen LogP contribution >= 0.6 is 12.4 Å². The first-order chi connectivity index (χ1) is 10.1. The molecule has 2 N–H and O–H groups in total. The number of hydrogen-bond acceptors (Lipinski definition) is 1. The van der Waals surface area contributed by atoms with Gasteiger partial charge in [0.1, 0.15) is 0 Å². The maximum absolute atomic E-state index is 6.14. The predicted molar refractivity (Wildman–Crippen MR) is 98.6 cm³/mol. The van der Waals surface area contributed by atoms with Gasteiger partial charge in [-0.1, -0.05) is 38.1 Å². The fourth-order valence-corrected chi connectivity index (χ4v) is 2.17. The number of nitrogens with zero attached hydrogens (tertiary/aromatic N) is 2. The number of nitrogens with two attached hydrogens (primary N) is 1. The van der Waals surface area contributed by atoms with Crippen LogP contribution in [0.15, 0.2) is 53.5 Å². The van der Waals surface area contributed by atoms with Crippen LogP contribution in [-0.2, 0) is 12.8 Å². The van der Waals surface area contributed by atoms with Crippen molar-refractivity contribution in [1.82, 2.24) is 0 Å². The first kappa shape index (κ1) is 18.1. The minimum absolute atomic E-state index is 0. The number of benzene rings is 2. The normalized spacial score (nSPS) is 11.0. The van der Waals surface area contributed by atoms with Crippen molar-refractivity contribution in [1.29, 1.82) is 0 Å². The first-order valence-corrected chi connectivity index (χ1v) is 7.39. The Kier molecular flexibility index (Phi) is 6.93. The Bertz CT molecular complexity index is 638. The van der Waals surface area contributed by atoms with Crippen molar-refractivity contribution in [2.45, 2.75) is 26.7 Å². The lowest BCUT2D eigenvalue weighted by molar-refractivity contribution is 1.12. The molecule has 0 aliphatic heterocycles. The van der Waals surface area contributed by atoms with Gasteiger partial charge in [-0.2, -0.15) is 0 Å². The maximum atomic E-state index is 6.14. The summed E-state index contributed by atoms with van der Waals surface area (Å²) in [5, 5.41) is 0. The molecule has 2 rings (SSSR count). The van der Waals surface area contributed by atoms with E-state index < -0.39 is 0 Å². The molecule has 3 nitrogen and oxygen atoms in total. The third-order valence-electron chi connectivity index (χ3n) is 3.61. The van der Waals surface area contributed by atoms with E-state index in [-0.39, 0.29) is 12.4 Å². The predicted octanol–water partition coefficient (Wildman–Crippen LogP) is 4.32. The fourth-order valence-electron chi connectivity index (χ4n) is 2.17. The zero-order chi connectivity index (χ0) is 15.2. The van der Waals surface area contributed by atoms with Gasteiger partial charge in [-0.3, -0.25) is 0 Å². The molecule has 0 amide bonds. The number of halogens is 1. The van der Waals surface area contributed by atoms with Gasteiger partial charge in [0.05, 0.1) is 5.69 Å². The first-order valence-electron chi connectivity index (χ1n) is 7.39. The average molecular weight is 318 g/mol. The summed E-state index contributed by atoms with van der Waals surface area (Å²) in [5.41, 5.74) is 10.6. The lowest BCUT2D eigenvalue weighted by Crippen LogP contribution is -2.33. The van der Waals surface area contributed by atoms with E-state index >= 15 is 0 Å². The van der Waals surface area contributed by atoms with E-state index in [9.17, 15) is 0 Å². The van der Waals surface area contributed by atoms with Crippen molar-refractivity contribution >= 4 is 29.7 Å². The third-order valence-corrected chi connectivity index (χ3v) is 3.61. The van der Waals surface area contributed by atoms with Gasteiger partial charge < -0.3 is 10.6 Å². The molecule has 0 bridgehead atoms. The summed E-state index contributed by atoms with van der Waals surface area (Å²) in [4.78, 5) is 6.43. The summed E-state index contributed by atoms with van der Waals surface area (Å²) < 4.78 is 0. The molecule has 0 spiro atoms. The summed E-state index contributed by atoms with van der Waals surface area (Å²) in [6.07, 6.45) is 2.01. The molecule has 0 radical (unpaired) electrons. The number of aliphatic imine (C=N–C) groups is 1. The maximum Gasteiger partial charge on any atom is 0.200 e. The Balaban J connectivity index is 0.00000242. The fraction of sp³-hybridized carbons (Fsp3) is 0.278. The van der Waals surface area contributed by atoms with E-state index in [1.807, 2.05) is 30.1 Å². The number of guanidine groups is 1. The minimum atomic E-state index is 0. The van der Waals surface area contributed by atoms with Gasteiger partial charge in [0, 0.05) is 12.7 Å². The third kappa shape index (κ3) is 4.50. The van der Waals surface area contributed by atoms with E-state index in [0.717, 1.165) is 24.2 Å². The lowest BCUT2D eigenvalue weighted by atomic mass is 10.1. The summed E-state index contributed by atoms with van der Waals surface area (Å²) in [6.45, 7) is 4.28. The topological polar surface area (TPSA) is 41.6 Å². The van der Waals surface area contributed by atoms with Gasteiger partial charge in [0.15, 0.2) is 0 Å². The minimum Gasteiger partial charge on any atom is -0.369 e. The molecule has 4 heteroatoms. The van der Waals surface area contributed by atoms with E-state index in [0.29, 0.717) is 5.96 Å². The Labute approximate surface area is 139 Å². The number of hydrogen-bond donors (Lipinski definition) is 1. The molecule has 118 valence electrons. The molecule has 0 aromatic heterocycles. The monoisotopic (exact) mass is 317 g/mol. The van der Waals surface area contributed by atoms with E-state index in [2.05, 4.69) is 49.2 Å². The summed E-state index contributed by atoms with van der Waals surface area (Å²) >= 11 is 0. The van der Waals surface area contributed by atoms with E-state index in [1.165, 1.54) is 11.1 Å². The molecule has 0 fully saturated rings. The number of anilines is 1. The Hall–Kier alpha value is -2.00. The van der Waals surface area contributed by atoms with Crippen molar-refractivity contribution in [2.24, 2.45) is 10.7 Å². The van der Waals surface area contributed by atoms with Crippen molar-refractivity contribution in [2.75, 3.05) is 11.9 Å². The number of aryl methyl sites for hydroxylation is 2. The van der Waals surface area contributed by atoms with Crippen LogP contribution in [0.25, 0.3) is 0 Å². The molecule has 0 aliphatic carbocycles. The van der Waals surface area contributed by atoms with Crippen LogP contribution in [0, 0.1) is 0 Å². The van der Waals surface area contributed by atoms with Crippen molar-refractivity contribution < 1.29 is 0 Å². The second kappa shape index (κ2) is 8.44. The van der Waals surface area contributed by atoms with E-state index in [4.69, 9.17) is 5.73 Å². The number of rotatable bonds is 4. The molecular weight excluding hydrogens is 294 g/mol. The van der Waals surface area contributed by atoms with Gasteiger partial charge in [0.2, 0.25) is 5.96 Å². The molecule has 0 aliphatic rings. The Morgan fingerprint density at radius 1 is 1.00 bits per heavy atom. The SMILES string of the molecule is CCc1cccc(N=C(N)N(C)c2cccc(CC)c2)c1.Cl.